The van der Waals surface area contributed by atoms with Crippen molar-refractivity contribution < 1.29 is 9.32 Å². The molecule has 2 aromatic rings. The smallest absolute Gasteiger partial charge is 0.261 e. The average Bonchev–Trinajstić information content (AvgIpc) is 2.76. The lowest BCUT2D eigenvalue weighted by Crippen LogP contribution is -2.32. The van der Waals surface area contributed by atoms with E-state index in [9.17, 15) is 9.59 Å². The third-order valence-corrected chi connectivity index (χ3v) is 4.74. The van der Waals surface area contributed by atoms with Crippen LogP contribution in [0.3, 0.4) is 0 Å². The molecule has 1 aliphatic rings. The first-order valence-corrected chi connectivity index (χ1v) is 8.39. The number of aromatic amines is 1. The lowest BCUT2D eigenvalue weighted by Gasteiger charge is -2.17. The van der Waals surface area contributed by atoms with E-state index in [-0.39, 0.29) is 17.0 Å². The van der Waals surface area contributed by atoms with E-state index in [1.54, 1.807) is 18.0 Å². The summed E-state index contributed by atoms with van der Waals surface area (Å²) in [6.07, 6.45) is 5.14. The molecule has 0 aromatic carbocycles. The van der Waals surface area contributed by atoms with Gasteiger partial charge in [0.15, 0.2) is 0 Å². The molecule has 0 spiro atoms. The first kappa shape index (κ1) is 16.5. The summed E-state index contributed by atoms with van der Waals surface area (Å²) in [5.74, 6) is 0.422. The van der Waals surface area contributed by atoms with Gasteiger partial charge in [-0.3, -0.25) is 9.59 Å². The number of carbonyl (C=O) groups excluding carboxylic acids is 1. The van der Waals surface area contributed by atoms with E-state index in [4.69, 9.17) is 4.52 Å². The van der Waals surface area contributed by atoms with Gasteiger partial charge in [-0.15, -0.1) is 0 Å². The van der Waals surface area contributed by atoms with Gasteiger partial charge in [0.2, 0.25) is 0 Å². The van der Waals surface area contributed by atoms with Crippen LogP contribution in [-0.2, 0) is 19.4 Å². The van der Waals surface area contributed by atoms with Crippen molar-refractivity contribution in [2.24, 2.45) is 0 Å². The molecule has 1 N–H and O–H groups in total. The topological polar surface area (TPSA) is 79.2 Å². The molecule has 128 valence electrons. The summed E-state index contributed by atoms with van der Waals surface area (Å²) in [7, 11) is 1.69. The van der Waals surface area contributed by atoms with Crippen LogP contribution in [0.15, 0.2) is 15.4 Å². The fourth-order valence-electron chi connectivity index (χ4n) is 3.25. The molecule has 3 rings (SSSR count). The minimum absolute atomic E-state index is 0.213. The zero-order chi connectivity index (χ0) is 17.3. The van der Waals surface area contributed by atoms with Gasteiger partial charge in [-0.1, -0.05) is 11.6 Å². The molecule has 2 heterocycles. The van der Waals surface area contributed by atoms with Gasteiger partial charge in [0.25, 0.3) is 11.5 Å². The van der Waals surface area contributed by atoms with Crippen LogP contribution in [0.25, 0.3) is 0 Å². The third-order valence-electron chi connectivity index (χ3n) is 4.74. The van der Waals surface area contributed by atoms with E-state index in [1.165, 1.54) is 0 Å². The summed E-state index contributed by atoms with van der Waals surface area (Å²) in [5, 5.41) is 3.91. The molecule has 1 aliphatic carbocycles. The van der Waals surface area contributed by atoms with E-state index < -0.39 is 0 Å². The summed E-state index contributed by atoms with van der Waals surface area (Å²) < 4.78 is 5.14. The first-order valence-electron chi connectivity index (χ1n) is 8.39. The van der Waals surface area contributed by atoms with Crippen molar-refractivity contribution in [3.05, 3.63) is 50.3 Å². The molecule has 0 radical (unpaired) electrons. The Kier molecular flexibility index (Phi) is 4.55. The summed E-state index contributed by atoms with van der Waals surface area (Å²) in [6, 6.07) is 1.78. The van der Waals surface area contributed by atoms with Crippen molar-refractivity contribution >= 4 is 5.91 Å². The highest BCUT2D eigenvalue weighted by molar-refractivity contribution is 5.93. The number of aromatic nitrogens is 2. The Labute approximate surface area is 140 Å². The maximum Gasteiger partial charge on any atom is 0.261 e. The number of nitrogens with one attached hydrogen (secondary N) is 1. The van der Waals surface area contributed by atoms with Gasteiger partial charge in [-0.05, 0) is 51.2 Å². The van der Waals surface area contributed by atoms with E-state index >= 15 is 0 Å². The van der Waals surface area contributed by atoms with Crippen LogP contribution in [0.1, 0.15) is 57.9 Å². The molecular formula is C18H23N3O3. The zero-order valence-corrected chi connectivity index (χ0v) is 14.4. The van der Waals surface area contributed by atoms with E-state index in [1.807, 2.05) is 13.8 Å². The van der Waals surface area contributed by atoms with Crippen LogP contribution in [0.4, 0.5) is 0 Å². The second kappa shape index (κ2) is 6.63. The maximum atomic E-state index is 12.7. The van der Waals surface area contributed by atoms with Crippen molar-refractivity contribution in [3.63, 3.8) is 0 Å². The third kappa shape index (κ3) is 3.13. The molecule has 0 unspecified atom stereocenters. The van der Waals surface area contributed by atoms with Crippen LogP contribution in [-0.4, -0.2) is 28.0 Å². The second-order valence-corrected chi connectivity index (χ2v) is 6.54. The molecule has 0 saturated heterocycles. The van der Waals surface area contributed by atoms with Crippen molar-refractivity contribution in [2.75, 3.05) is 7.05 Å². The monoisotopic (exact) mass is 329 g/mol. The zero-order valence-electron chi connectivity index (χ0n) is 14.4. The predicted octanol–water partition coefficient (Wildman–Crippen LogP) is 2.52. The molecule has 0 saturated carbocycles. The molecule has 0 bridgehead atoms. The highest BCUT2D eigenvalue weighted by Gasteiger charge is 2.21. The van der Waals surface area contributed by atoms with Crippen LogP contribution >= 0.6 is 0 Å². The van der Waals surface area contributed by atoms with Crippen LogP contribution in [0.5, 0.6) is 0 Å². The van der Waals surface area contributed by atoms with E-state index in [0.29, 0.717) is 12.3 Å². The quantitative estimate of drug-likeness (QED) is 0.878. The largest absolute Gasteiger partial charge is 0.361 e. The Morgan fingerprint density at radius 2 is 2.04 bits per heavy atom. The second-order valence-electron chi connectivity index (χ2n) is 6.54. The molecule has 0 aliphatic heterocycles. The van der Waals surface area contributed by atoms with Gasteiger partial charge in [0, 0.05) is 18.3 Å². The number of hydrogen-bond acceptors (Lipinski definition) is 4. The Balaban J connectivity index is 1.87. The Morgan fingerprint density at radius 3 is 2.75 bits per heavy atom. The van der Waals surface area contributed by atoms with Crippen LogP contribution < -0.4 is 5.56 Å². The van der Waals surface area contributed by atoms with E-state index in [0.717, 1.165) is 54.6 Å². The highest BCUT2D eigenvalue weighted by Crippen LogP contribution is 2.19. The van der Waals surface area contributed by atoms with Gasteiger partial charge in [-0.25, -0.2) is 0 Å². The number of carbonyl (C=O) groups is 1. The summed E-state index contributed by atoms with van der Waals surface area (Å²) in [4.78, 5) is 29.6. The van der Waals surface area contributed by atoms with Crippen molar-refractivity contribution in [3.8, 4) is 0 Å². The summed E-state index contributed by atoms with van der Waals surface area (Å²) in [6.45, 7) is 4.04. The number of fused-ring (bicyclic) bond motifs is 1. The lowest BCUT2D eigenvalue weighted by atomic mass is 10.1. The Hall–Kier alpha value is -2.37. The van der Waals surface area contributed by atoms with Crippen LogP contribution in [0, 0.1) is 13.8 Å². The van der Waals surface area contributed by atoms with Crippen molar-refractivity contribution in [1.29, 1.82) is 0 Å². The minimum Gasteiger partial charge on any atom is -0.361 e. The van der Waals surface area contributed by atoms with Gasteiger partial charge in [0.1, 0.15) is 11.3 Å². The van der Waals surface area contributed by atoms with Gasteiger partial charge in [0.05, 0.1) is 12.2 Å². The fraction of sp³-hybridized carbons (Fsp3) is 0.500. The first-order chi connectivity index (χ1) is 11.5. The number of aryl methyl sites for hydroxylation is 4. The van der Waals surface area contributed by atoms with Crippen molar-refractivity contribution in [2.45, 2.75) is 52.5 Å². The number of nitrogens with zero attached hydrogens (tertiary/aromatic N) is 2. The molecule has 24 heavy (non-hydrogen) atoms. The van der Waals surface area contributed by atoms with Gasteiger partial charge >= 0.3 is 0 Å². The van der Waals surface area contributed by atoms with Crippen molar-refractivity contribution in [1.82, 2.24) is 15.0 Å². The fourth-order valence-corrected chi connectivity index (χ4v) is 3.25. The summed E-state index contributed by atoms with van der Waals surface area (Å²) in [5.41, 5.74) is 3.65. The molecule has 6 nitrogen and oxygen atoms in total. The SMILES string of the molecule is Cc1noc(C)c1CN(C)C(=O)c1cc2c([nH]c1=O)CCCCC2. The molecule has 6 heteroatoms. The Morgan fingerprint density at radius 1 is 1.29 bits per heavy atom. The average molecular weight is 329 g/mol. The molecule has 0 atom stereocenters. The number of amides is 1. The highest BCUT2D eigenvalue weighted by atomic mass is 16.5. The molecule has 1 amide bonds. The van der Waals surface area contributed by atoms with Gasteiger partial charge in [-0.2, -0.15) is 0 Å². The number of H-pyrrole nitrogens is 1. The predicted molar refractivity (Wildman–Crippen MR) is 90.1 cm³/mol. The Bertz CT molecular complexity index is 800. The number of rotatable bonds is 3. The maximum absolute atomic E-state index is 12.7. The molecular weight excluding hydrogens is 306 g/mol. The number of hydrogen-bond donors (Lipinski definition) is 1. The molecule has 0 fully saturated rings. The lowest BCUT2D eigenvalue weighted by molar-refractivity contribution is 0.0782. The van der Waals surface area contributed by atoms with E-state index in [2.05, 4.69) is 10.1 Å². The standard InChI is InChI=1S/C18H23N3O3/c1-11-15(12(2)24-20-11)10-21(3)18(23)14-9-13-7-5-4-6-8-16(13)19-17(14)22/h9H,4-8,10H2,1-3H3,(H,19,22). The van der Waals surface area contributed by atoms with Gasteiger partial charge < -0.3 is 14.4 Å². The number of pyridine rings is 1. The normalized spacial score (nSPS) is 14.1. The summed E-state index contributed by atoms with van der Waals surface area (Å²) >= 11 is 0. The van der Waals surface area contributed by atoms with Crippen LogP contribution in [0.2, 0.25) is 0 Å². The molecule has 2 aromatic heterocycles. The minimum atomic E-state index is -0.300.